The van der Waals surface area contributed by atoms with Gasteiger partial charge in [0.05, 0.1) is 25.7 Å². The summed E-state index contributed by atoms with van der Waals surface area (Å²) in [6, 6.07) is 3.11. The SMILES string of the molecule is COC(=O)CCOc1cc(F)cc(C(=O)O)c1. The van der Waals surface area contributed by atoms with E-state index in [0.717, 1.165) is 12.1 Å². The largest absolute Gasteiger partial charge is 0.493 e. The van der Waals surface area contributed by atoms with Gasteiger partial charge in [-0.3, -0.25) is 4.79 Å². The van der Waals surface area contributed by atoms with Crippen molar-refractivity contribution in [2.75, 3.05) is 13.7 Å². The molecule has 0 heterocycles. The molecule has 92 valence electrons. The van der Waals surface area contributed by atoms with Crippen LogP contribution in [0.4, 0.5) is 4.39 Å². The highest BCUT2D eigenvalue weighted by Gasteiger charge is 2.08. The third kappa shape index (κ3) is 4.10. The molecule has 0 amide bonds. The molecule has 0 saturated heterocycles. The Bertz CT molecular complexity index is 430. The molecule has 0 saturated carbocycles. The second-order valence-electron chi connectivity index (χ2n) is 3.16. The van der Waals surface area contributed by atoms with E-state index >= 15 is 0 Å². The molecule has 0 aliphatic rings. The molecule has 0 aliphatic carbocycles. The van der Waals surface area contributed by atoms with Crippen LogP contribution in [0.15, 0.2) is 18.2 Å². The van der Waals surface area contributed by atoms with Gasteiger partial charge in [0, 0.05) is 6.07 Å². The molecular formula is C11H11FO5. The number of carboxylic acid groups (broad SMARTS) is 1. The molecule has 0 bridgehead atoms. The lowest BCUT2D eigenvalue weighted by molar-refractivity contribution is -0.141. The first-order valence-corrected chi connectivity index (χ1v) is 4.76. The number of methoxy groups -OCH3 is 1. The molecule has 0 fully saturated rings. The Labute approximate surface area is 96.8 Å². The first kappa shape index (κ1) is 13.0. The lowest BCUT2D eigenvalue weighted by atomic mass is 10.2. The standard InChI is InChI=1S/C11H11FO5/c1-16-10(13)2-3-17-9-5-7(11(14)15)4-8(12)6-9/h4-6H,2-3H2,1H3,(H,14,15). The van der Waals surface area contributed by atoms with Crippen LogP contribution in [0.2, 0.25) is 0 Å². The molecule has 0 unspecified atom stereocenters. The topological polar surface area (TPSA) is 72.8 Å². The van der Waals surface area contributed by atoms with E-state index in [9.17, 15) is 14.0 Å². The minimum Gasteiger partial charge on any atom is -0.493 e. The summed E-state index contributed by atoms with van der Waals surface area (Å²) in [6.07, 6.45) is 0.00934. The lowest BCUT2D eigenvalue weighted by Gasteiger charge is -2.06. The molecule has 0 spiro atoms. The third-order valence-electron chi connectivity index (χ3n) is 1.92. The van der Waals surface area contributed by atoms with Crippen LogP contribution < -0.4 is 4.74 Å². The number of rotatable bonds is 5. The van der Waals surface area contributed by atoms with Crippen molar-refractivity contribution in [3.05, 3.63) is 29.6 Å². The molecule has 0 atom stereocenters. The molecule has 0 radical (unpaired) electrons. The summed E-state index contributed by atoms with van der Waals surface area (Å²) >= 11 is 0. The second kappa shape index (κ2) is 5.83. The van der Waals surface area contributed by atoms with Crippen molar-refractivity contribution in [1.29, 1.82) is 0 Å². The molecule has 5 nitrogen and oxygen atoms in total. The van der Waals surface area contributed by atoms with Crippen molar-refractivity contribution >= 4 is 11.9 Å². The van der Waals surface area contributed by atoms with Gasteiger partial charge in [-0.1, -0.05) is 0 Å². The first-order chi connectivity index (χ1) is 8.02. The van der Waals surface area contributed by atoms with Crippen molar-refractivity contribution < 1.29 is 28.6 Å². The maximum atomic E-state index is 13.0. The van der Waals surface area contributed by atoms with Crippen LogP contribution in [0.25, 0.3) is 0 Å². The van der Waals surface area contributed by atoms with Crippen molar-refractivity contribution in [1.82, 2.24) is 0 Å². The highest BCUT2D eigenvalue weighted by molar-refractivity contribution is 5.88. The Morgan fingerprint density at radius 1 is 1.35 bits per heavy atom. The maximum Gasteiger partial charge on any atom is 0.335 e. The zero-order valence-corrected chi connectivity index (χ0v) is 9.10. The smallest absolute Gasteiger partial charge is 0.335 e. The number of hydrogen-bond acceptors (Lipinski definition) is 4. The van der Waals surface area contributed by atoms with Gasteiger partial charge in [-0.15, -0.1) is 0 Å². The highest BCUT2D eigenvalue weighted by atomic mass is 19.1. The number of hydrogen-bond donors (Lipinski definition) is 1. The predicted molar refractivity (Wildman–Crippen MR) is 55.5 cm³/mol. The van der Waals surface area contributed by atoms with Crippen LogP contribution in [0.3, 0.4) is 0 Å². The molecule has 0 aromatic heterocycles. The van der Waals surface area contributed by atoms with Crippen molar-refractivity contribution in [3.8, 4) is 5.75 Å². The minimum absolute atomic E-state index is 0.00478. The fraction of sp³-hybridized carbons (Fsp3) is 0.273. The molecule has 0 aliphatic heterocycles. The van der Waals surface area contributed by atoms with Gasteiger partial charge >= 0.3 is 11.9 Å². The summed E-state index contributed by atoms with van der Waals surface area (Å²) in [5.74, 6) is -2.36. The highest BCUT2D eigenvalue weighted by Crippen LogP contribution is 2.16. The Morgan fingerprint density at radius 2 is 2.06 bits per heavy atom. The average molecular weight is 242 g/mol. The van der Waals surface area contributed by atoms with E-state index in [0.29, 0.717) is 0 Å². The molecule has 1 aromatic carbocycles. The van der Waals surface area contributed by atoms with Gasteiger partial charge < -0.3 is 14.6 Å². The van der Waals surface area contributed by atoms with Crippen molar-refractivity contribution in [3.63, 3.8) is 0 Å². The fourth-order valence-electron chi connectivity index (χ4n) is 1.12. The maximum absolute atomic E-state index is 13.0. The van der Waals surface area contributed by atoms with Crippen LogP contribution in [0, 0.1) is 5.82 Å². The summed E-state index contributed by atoms with van der Waals surface area (Å²) in [5.41, 5.74) is -0.210. The van der Waals surface area contributed by atoms with E-state index in [-0.39, 0.29) is 24.3 Å². The number of benzene rings is 1. The van der Waals surface area contributed by atoms with Gasteiger partial charge in [0.25, 0.3) is 0 Å². The number of carboxylic acids is 1. The van der Waals surface area contributed by atoms with Gasteiger partial charge in [-0.2, -0.15) is 0 Å². The van der Waals surface area contributed by atoms with Gasteiger partial charge in [-0.05, 0) is 12.1 Å². The average Bonchev–Trinajstić information content (AvgIpc) is 2.28. The summed E-state index contributed by atoms with van der Waals surface area (Å²) in [4.78, 5) is 21.4. The van der Waals surface area contributed by atoms with E-state index in [1.165, 1.54) is 13.2 Å². The Hall–Kier alpha value is -2.11. The fourth-order valence-corrected chi connectivity index (χ4v) is 1.12. The molecule has 6 heteroatoms. The van der Waals surface area contributed by atoms with Gasteiger partial charge in [0.2, 0.25) is 0 Å². The van der Waals surface area contributed by atoms with E-state index < -0.39 is 17.8 Å². The number of esters is 1. The van der Waals surface area contributed by atoms with Gasteiger partial charge in [0.1, 0.15) is 11.6 Å². The lowest BCUT2D eigenvalue weighted by Crippen LogP contribution is -2.08. The zero-order chi connectivity index (χ0) is 12.8. The number of ether oxygens (including phenoxy) is 2. The number of halogens is 1. The van der Waals surface area contributed by atoms with Crippen molar-refractivity contribution in [2.45, 2.75) is 6.42 Å². The quantitative estimate of drug-likeness (QED) is 0.791. The van der Waals surface area contributed by atoms with Gasteiger partial charge in [-0.25, -0.2) is 9.18 Å². The summed E-state index contributed by atoms with van der Waals surface area (Å²) in [6.45, 7) is -0.00478. The normalized spacial score (nSPS) is 9.76. The molecule has 1 rings (SSSR count). The Balaban J connectivity index is 2.65. The third-order valence-corrected chi connectivity index (χ3v) is 1.92. The van der Waals surface area contributed by atoms with Gasteiger partial charge in [0.15, 0.2) is 0 Å². The first-order valence-electron chi connectivity index (χ1n) is 4.76. The minimum atomic E-state index is -1.25. The summed E-state index contributed by atoms with van der Waals surface area (Å²) in [7, 11) is 1.24. The second-order valence-corrected chi connectivity index (χ2v) is 3.16. The van der Waals surface area contributed by atoms with E-state index in [1.807, 2.05) is 0 Å². The Kier molecular flexibility index (Phi) is 4.45. The monoisotopic (exact) mass is 242 g/mol. The molecule has 1 N–H and O–H groups in total. The van der Waals surface area contributed by atoms with Crippen LogP contribution in [-0.4, -0.2) is 30.8 Å². The zero-order valence-electron chi connectivity index (χ0n) is 9.10. The van der Waals surface area contributed by atoms with E-state index in [1.54, 1.807) is 0 Å². The van der Waals surface area contributed by atoms with Crippen LogP contribution in [-0.2, 0) is 9.53 Å². The summed E-state index contributed by atoms with van der Waals surface area (Å²) < 4.78 is 22.4. The van der Waals surface area contributed by atoms with E-state index in [2.05, 4.69) is 4.74 Å². The number of aromatic carboxylic acids is 1. The van der Waals surface area contributed by atoms with Crippen LogP contribution in [0.1, 0.15) is 16.8 Å². The summed E-state index contributed by atoms with van der Waals surface area (Å²) in [5, 5.41) is 8.69. The molecule has 1 aromatic rings. The van der Waals surface area contributed by atoms with E-state index in [4.69, 9.17) is 9.84 Å². The van der Waals surface area contributed by atoms with Crippen molar-refractivity contribution in [2.24, 2.45) is 0 Å². The predicted octanol–water partition coefficient (Wildman–Crippen LogP) is 1.47. The Morgan fingerprint density at radius 3 is 2.65 bits per heavy atom. The molecular weight excluding hydrogens is 231 g/mol. The number of carbonyl (C=O) groups excluding carboxylic acids is 1. The molecule has 17 heavy (non-hydrogen) atoms. The van der Waals surface area contributed by atoms with Crippen LogP contribution >= 0.6 is 0 Å². The van der Waals surface area contributed by atoms with Crippen LogP contribution in [0.5, 0.6) is 5.75 Å². The number of carbonyl (C=O) groups is 2.